The van der Waals surface area contributed by atoms with Crippen LogP contribution in [0.1, 0.15) is 25.0 Å². The highest BCUT2D eigenvalue weighted by molar-refractivity contribution is 7.80. The lowest BCUT2D eigenvalue weighted by Crippen LogP contribution is -2.40. The van der Waals surface area contributed by atoms with E-state index in [2.05, 4.69) is 5.32 Å². The predicted molar refractivity (Wildman–Crippen MR) is 75.4 cm³/mol. The SMILES string of the molecule is CC1(C)NC(=O)N(Cc2cc(F)ccc2C(N)=S)C1=O. The van der Waals surface area contributed by atoms with Crippen LogP contribution in [0.4, 0.5) is 9.18 Å². The minimum atomic E-state index is -0.964. The molecule has 3 amide bonds. The highest BCUT2D eigenvalue weighted by Gasteiger charge is 2.44. The van der Waals surface area contributed by atoms with Gasteiger partial charge in [0.15, 0.2) is 0 Å². The Kier molecular flexibility index (Phi) is 3.47. The maximum Gasteiger partial charge on any atom is 0.325 e. The number of nitrogens with one attached hydrogen (secondary N) is 1. The number of carbonyl (C=O) groups is 2. The van der Waals surface area contributed by atoms with Crippen molar-refractivity contribution in [2.45, 2.75) is 25.9 Å². The third kappa shape index (κ3) is 2.49. The van der Waals surface area contributed by atoms with E-state index in [0.29, 0.717) is 11.1 Å². The molecule has 106 valence electrons. The van der Waals surface area contributed by atoms with E-state index in [1.165, 1.54) is 18.2 Å². The number of nitrogens with two attached hydrogens (primary N) is 1. The van der Waals surface area contributed by atoms with Gasteiger partial charge in [-0.15, -0.1) is 0 Å². The van der Waals surface area contributed by atoms with Crippen molar-refractivity contribution in [2.75, 3.05) is 0 Å². The number of benzene rings is 1. The molecule has 5 nitrogen and oxygen atoms in total. The zero-order valence-electron chi connectivity index (χ0n) is 11.1. The number of halogens is 1. The zero-order valence-corrected chi connectivity index (χ0v) is 11.9. The number of carbonyl (C=O) groups excluding carboxylic acids is 2. The van der Waals surface area contributed by atoms with Crippen molar-refractivity contribution in [3.63, 3.8) is 0 Å². The summed E-state index contributed by atoms with van der Waals surface area (Å²) >= 11 is 4.89. The molecule has 1 fully saturated rings. The van der Waals surface area contributed by atoms with E-state index in [1.54, 1.807) is 13.8 Å². The number of urea groups is 1. The van der Waals surface area contributed by atoms with Crippen LogP contribution in [0.2, 0.25) is 0 Å². The van der Waals surface area contributed by atoms with Gasteiger partial charge in [-0.2, -0.15) is 0 Å². The molecule has 0 saturated carbocycles. The molecule has 0 unspecified atom stereocenters. The van der Waals surface area contributed by atoms with Crippen molar-refractivity contribution in [3.8, 4) is 0 Å². The van der Waals surface area contributed by atoms with Crippen LogP contribution >= 0.6 is 12.2 Å². The van der Waals surface area contributed by atoms with Gasteiger partial charge in [-0.1, -0.05) is 12.2 Å². The Labute approximate surface area is 120 Å². The van der Waals surface area contributed by atoms with Crippen molar-refractivity contribution < 1.29 is 14.0 Å². The molecule has 1 aliphatic rings. The van der Waals surface area contributed by atoms with Crippen molar-refractivity contribution in [1.82, 2.24) is 10.2 Å². The maximum atomic E-state index is 13.3. The van der Waals surface area contributed by atoms with Gasteiger partial charge in [-0.05, 0) is 37.6 Å². The van der Waals surface area contributed by atoms with Crippen LogP contribution in [0, 0.1) is 5.82 Å². The molecule has 0 aliphatic carbocycles. The van der Waals surface area contributed by atoms with E-state index in [0.717, 1.165) is 4.90 Å². The Morgan fingerprint density at radius 3 is 2.60 bits per heavy atom. The van der Waals surface area contributed by atoms with Crippen molar-refractivity contribution in [3.05, 3.63) is 35.1 Å². The maximum absolute atomic E-state index is 13.3. The first-order valence-electron chi connectivity index (χ1n) is 5.95. The Bertz CT molecular complexity index is 616. The van der Waals surface area contributed by atoms with Gasteiger partial charge in [-0.3, -0.25) is 9.69 Å². The first-order chi connectivity index (χ1) is 9.22. The molecular formula is C13H14FN3O2S. The summed E-state index contributed by atoms with van der Waals surface area (Å²) in [5.74, 6) is -0.855. The van der Waals surface area contributed by atoms with E-state index < -0.39 is 17.4 Å². The Morgan fingerprint density at radius 2 is 2.10 bits per heavy atom. The molecule has 3 N–H and O–H groups in total. The van der Waals surface area contributed by atoms with E-state index in [9.17, 15) is 14.0 Å². The number of amides is 3. The van der Waals surface area contributed by atoms with Crippen LogP contribution in [0.25, 0.3) is 0 Å². The number of hydrogen-bond acceptors (Lipinski definition) is 3. The van der Waals surface area contributed by atoms with Crippen LogP contribution in [0.15, 0.2) is 18.2 Å². The molecule has 1 aliphatic heterocycles. The summed E-state index contributed by atoms with van der Waals surface area (Å²) in [5, 5.41) is 2.56. The topological polar surface area (TPSA) is 75.4 Å². The standard InChI is InChI=1S/C13H14FN3O2S/c1-13(2)11(18)17(12(19)16-13)6-7-5-8(14)3-4-9(7)10(15)20/h3-5H,6H2,1-2H3,(H2,15,20)(H,16,19). The molecule has 20 heavy (non-hydrogen) atoms. The fourth-order valence-electron chi connectivity index (χ4n) is 2.07. The van der Waals surface area contributed by atoms with Gasteiger partial charge in [-0.25, -0.2) is 9.18 Å². The minimum absolute atomic E-state index is 0.0709. The summed E-state index contributed by atoms with van der Waals surface area (Å²) in [7, 11) is 0. The van der Waals surface area contributed by atoms with Crippen molar-refractivity contribution in [1.29, 1.82) is 0 Å². The van der Waals surface area contributed by atoms with Crippen LogP contribution in [0.5, 0.6) is 0 Å². The zero-order chi connectivity index (χ0) is 15.1. The molecule has 1 aromatic rings. The van der Waals surface area contributed by atoms with Crippen LogP contribution in [-0.2, 0) is 11.3 Å². The lowest BCUT2D eigenvalue weighted by molar-refractivity contribution is -0.130. The second-order valence-electron chi connectivity index (χ2n) is 5.11. The first-order valence-corrected chi connectivity index (χ1v) is 6.35. The summed E-state index contributed by atoms with van der Waals surface area (Å²) in [6.45, 7) is 3.14. The van der Waals surface area contributed by atoms with Crippen LogP contribution in [-0.4, -0.2) is 27.4 Å². The van der Waals surface area contributed by atoms with Crippen molar-refractivity contribution in [2.24, 2.45) is 5.73 Å². The highest BCUT2D eigenvalue weighted by atomic mass is 32.1. The summed E-state index contributed by atoms with van der Waals surface area (Å²) in [5.41, 5.74) is 5.45. The summed E-state index contributed by atoms with van der Waals surface area (Å²) in [4.78, 5) is 25.0. The van der Waals surface area contributed by atoms with Gasteiger partial charge in [0.05, 0.1) is 6.54 Å². The number of thiocarbonyl (C=S) groups is 1. The third-order valence-electron chi connectivity index (χ3n) is 3.11. The van der Waals surface area contributed by atoms with Crippen LogP contribution < -0.4 is 11.1 Å². The van der Waals surface area contributed by atoms with Crippen LogP contribution in [0.3, 0.4) is 0 Å². The number of imide groups is 1. The Hall–Kier alpha value is -2.02. The first kappa shape index (κ1) is 14.4. The number of hydrogen-bond donors (Lipinski definition) is 2. The summed E-state index contributed by atoms with van der Waals surface area (Å²) < 4.78 is 13.3. The number of rotatable bonds is 3. The normalized spacial score (nSPS) is 17.2. The fourth-order valence-corrected chi connectivity index (χ4v) is 2.26. The molecule has 1 saturated heterocycles. The van der Waals surface area contributed by atoms with Gasteiger partial charge in [0.25, 0.3) is 5.91 Å². The Balaban J connectivity index is 2.35. The van der Waals surface area contributed by atoms with E-state index in [4.69, 9.17) is 18.0 Å². The van der Waals surface area contributed by atoms with E-state index in [1.807, 2.05) is 0 Å². The van der Waals surface area contributed by atoms with E-state index in [-0.39, 0.29) is 17.4 Å². The molecule has 0 spiro atoms. The predicted octanol–water partition coefficient (Wildman–Crippen LogP) is 1.29. The average Bonchev–Trinajstić information content (AvgIpc) is 2.51. The van der Waals surface area contributed by atoms with Gasteiger partial charge < -0.3 is 11.1 Å². The fraction of sp³-hybridized carbons (Fsp3) is 0.308. The van der Waals surface area contributed by atoms with Gasteiger partial charge in [0.2, 0.25) is 0 Å². The lowest BCUT2D eigenvalue weighted by Gasteiger charge is -2.17. The van der Waals surface area contributed by atoms with E-state index >= 15 is 0 Å². The quantitative estimate of drug-likeness (QED) is 0.651. The molecule has 2 rings (SSSR count). The molecule has 0 aromatic heterocycles. The van der Waals surface area contributed by atoms with Gasteiger partial charge in [0.1, 0.15) is 16.3 Å². The second-order valence-corrected chi connectivity index (χ2v) is 5.55. The molecule has 1 aromatic carbocycles. The monoisotopic (exact) mass is 295 g/mol. The smallest absolute Gasteiger partial charge is 0.325 e. The molecule has 0 radical (unpaired) electrons. The summed E-state index contributed by atoms with van der Waals surface area (Å²) in [6, 6.07) is 3.38. The minimum Gasteiger partial charge on any atom is -0.389 e. The van der Waals surface area contributed by atoms with Gasteiger partial charge in [0, 0.05) is 5.56 Å². The number of nitrogens with zero attached hydrogens (tertiary/aromatic N) is 1. The Morgan fingerprint density at radius 1 is 1.45 bits per heavy atom. The molecular weight excluding hydrogens is 281 g/mol. The largest absolute Gasteiger partial charge is 0.389 e. The highest BCUT2D eigenvalue weighted by Crippen LogP contribution is 2.21. The van der Waals surface area contributed by atoms with Crippen molar-refractivity contribution >= 4 is 29.1 Å². The second kappa shape index (κ2) is 4.82. The molecule has 1 heterocycles. The average molecular weight is 295 g/mol. The lowest BCUT2D eigenvalue weighted by atomic mass is 10.0. The third-order valence-corrected chi connectivity index (χ3v) is 3.33. The molecule has 7 heteroatoms. The molecule has 0 bridgehead atoms. The molecule has 0 atom stereocenters. The summed E-state index contributed by atoms with van der Waals surface area (Å²) in [6.07, 6.45) is 0. The van der Waals surface area contributed by atoms with Gasteiger partial charge >= 0.3 is 6.03 Å².